The van der Waals surface area contributed by atoms with Crippen LogP contribution in [0.5, 0.6) is 0 Å². The van der Waals surface area contributed by atoms with E-state index < -0.39 is 38.8 Å². The highest BCUT2D eigenvalue weighted by Crippen LogP contribution is 2.28. The van der Waals surface area contributed by atoms with Crippen LogP contribution in [0.3, 0.4) is 0 Å². The van der Waals surface area contributed by atoms with E-state index in [-0.39, 0.29) is 35.8 Å². The molecule has 0 amide bonds. The molecular weight excluding hydrogens is 477 g/mol. The molecule has 0 atom stereocenters. The predicted octanol–water partition coefficient (Wildman–Crippen LogP) is 1.96. The third kappa shape index (κ3) is 7.40. The van der Waals surface area contributed by atoms with Crippen LogP contribution in [0.25, 0.3) is 0 Å². The number of Topliss-reactive ketones (excluding diaryl/α,β-unsaturated/α-hetero) is 2. The number of aromatic nitrogens is 4. The van der Waals surface area contributed by atoms with Gasteiger partial charge in [-0.25, -0.2) is 0 Å². The van der Waals surface area contributed by atoms with Gasteiger partial charge in [0, 0.05) is 13.8 Å². The van der Waals surface area contributed by atoms with Crippen LogP contribution < -0.4 is 0 Å². The Bertz CT molecular complexity index is 1090. The van der Waals surface area contributed by atoms with Crippen LogP contribution in [0.2, 0.25) is 0 Å². The fourth-order valence-electron chi connectivity index (χ4n) is 1.70. The van der Waals surface area contributed by atoms with E-state index >= 15 is 0 Å². The second kappa shape index (κ2) is 10.0. The van der Waals surface area contributed by atoms with Crippen molar-refractivity contribution < 1.29 is 49.5 Å². The molecular formula is C17H23F3N4O8S. The number of ketones is 2. The molecule has 0 aliphatic carbocycles. The molecule has 0 radical (unpaired) electrons. The number of carbonyl (C=O) groups excluding carboxylic acids is 2. The van der Waals surface area contributed by atoms with Crippen LogP contribution in [-0.4, -0.2) is 64.1 Å². The number of nitrogens with zero attached hydrogens (tertiary/aromatic N) is 4. The maximum atomic E-state index is 12.1. The van der Waals surface area contributed by atoms with Crippen LogP contribution in [0, 0.1) is 0 Å². The van der Waals surface area contributed by atoms with Crippen molar-refractivity contribution in [2.75, 3.05) is 13.2 Å². The summed E-state index contributed by atoms with van der Waals surface area (Å²) in [6.45, 7) is 7.73. The summed E-state index contributed by atoms with van der Waals surface area (Å²) in [5, 5.41) is 15.8. The zero-order chi connectivity index (χ0) is 25.8. The second-order valence-corrected chi connectivity index (χ2v) is 9.65. The van der Waals surface area contributed by atoms with Gasteiger partial charge in [-0.3, -0.25) is 13.8 Å². The summed E-state index contributed by atoms with van der Waals surface area (Å²) in [7, 11) is -5.71. The summed E-state index contributed by atoms with van der Waals surface area (Å²) < 4.78 is 71.3. The molecule has 0 fully saturated rings. The van der Waals surface area contributed by atoms with Gasteiger partial charge in [0.2, 0.25) is 35.0 Å². The molecule has 0 aromatic carbocycles. The first-order chi connectivity index (χ1) is 14.8. The lowest BCUT2D eigenvalue weighted by molar-refractivity contribution is -0.0554. The number of hydrogen-bond acceptors (Lipinski definition) is 12. The van der Waals surface area contributed by atoms with E-state index in [1.54, 1.807) is 13.8 Å². The summed E-state index contributed by atoms with van der Waals surface area (Å²) in [5.74, 6) is -0.882. The highest BCUT2D eigenvalue weighted by atomic mass is 32.2. The molecule has 2 aromatic heterocycles. The van der Waals surface area contributed by atoms with Crippen molar-refractivity contribution in [3.63, 3.8) is 0 Å². The molecule has 0 saturated heterocycles. The summed E-state index contributed by atoms with van der Waals surface area (Å²) >= 11 is 0. The molecule has 0 saturated carbocycles. The zero-order valence-corrected chi connectivity index (χ0v) is 19.4. The number of carbonyl (C=O) groups is 2. The molecule has 16 heteroatoms. The molecule has 186 valence electrons. The molecule has 2 rings (SSSR count). The number of aliphatic hydroxyl groups is 1. The van der Waals surface area contributed by atoms with Gasteiger partial charge in [0.25, 0.3) is 0 Å². The fraction of sp³-hybridized carbons (Fsp3) is 0.647. The lowest BCUT2D eigenvalue weighted by Crippen LogP contribution is -2.32. The van der Waals surface area contributed by atoms with Crippen LogP contribution in [-0.2, 0) is 25.1 Å². The highest BCUT2D eigenvalue weighted by Gasteiger charge is 2.48. The van der Waals surface area contributed by atoms with E-state index in [9.17, 15) is 31.2 Å². The van der Waals surface area contributed by atoms with Crippen LogP contribution in [0.4, 0.5) is 13.2 Å². The average Bonchev–Trinajstić information content (AvgIpc) is 3.36. The van der Waals surface area contributed by atoms with Crippen molar-refractivity contribution in [2.45, 2.75) is 57.9 Å². The van der Waals surface area contributed by atoms with Gasteiger partial charge >= 0.3 is 15.6 Å². The van der Waals surface area contributed by atoms with Gasteiger partial charge in [-0.05, 0) is 27.7 Å². The normalized spacial score (nSPS) is 12.8. The van der Waals surface area contributed by atoms with Crippen molar-refractivity contribution in [1.29, 1.82) is 0 Å². The minimum absolute atomic E-state index is 0.0523. The quantitative estimate of drug-likeness (QED) is 0.317. The SMILES string of the molecule is CC(=O)c1noc(C(C)(C)CO)n1.CC(=O)c1noc(C(C)(C)COS(=O)(=O)C(F)(F)F)n1. The summed E-state index contributed by atoms with van der Waals surface area (Å²) in [6.07, 6.45) is 0. The first-order valence-corrected chi connectivity index (χ1v) is 10.5. The fourth-order valence-corrected chi connectivity index (χ4v) is 2.29. The largest absolute Gasteiger partial charge is 0.523 e. The monoisotopic (exact) mass is 500 g/mol. The topological polar surface area (TPSA) is 176 Å². The molecule has 0 aliphatic heterocycles. The Hall–Kier alpha value is -2.72. The summed E-state index contributed by atoms with van der Waals surface area (Å²) in [5.41, 5.74) is -7.43. The Morgan fingerprint density at radius 2 is 1.30 bits per heavy atom. The number of rotatable bonds is 8. The van der Waals surface area contributed by atoms with E-state index in [1.807, 2.05) is 0 Å². The van der Waals surface area contributed by atoms with Gasteiger partial charge in [0.15, 0.2) is 0 Å². The molecule has 0 unspecified atom stereocenters. The molecule has 2 heterocycles. The van der Waals surface area contributed by atoms with Crippen molar-refractivity contribution in [1.82, 2.24) is 20.3 Å². The standard InChI is InChI=1S/C9H11F3N2O5S.C8H12N2O3/c1-5(15)6-13-7(19-14-6)8(2,3)4-18-20(16,17)9(10,11)12;1-5(12)6-9-7(13-10-6)8(2,3)4-11/h4H2,1-3H3;11H,4H2,1-3H3. The minimum Gasteiger partial charge on any atom is -0.395 e. The third-order valence-electron chi connectivity index (χ3n) is 3.89. The van der Waals surface area contributed by atoms with Gasteiger partial charge in [-0.15, -0.1) is 0 Å². The van der Waals surface area contributed by atoms with Crippen LogP contribution in [0.15, 0.2) is 9.05 Å². The maximum absolute atomic E-state index is 12.1. The van der Waals surface area contributed by atoms with Crippen molar-refractivity contribution >= 4 is 21.7 Å². The second-order valence-electron chi connectivity index (χ2n) is 8.05. The van der Waals surface area contributed by atoms with E-state index in [2.05, 4.69) is 24.5 Å². The van der Waals surface area contributed by atoms with Crippen LogP contribution in [0.1, 0.15) is 74.6 Å². The summed E-state index contributed by atoms with van der Waals surface area (Å²) in [4.78, 5) is 29.3. The van der Waals surface area contributed by atoms with E-state index in [1.165, 1.54) is 27.7 Å². The molecule has 12 nitrogen and oxygen atoms in total. The van der Waals surface area contributed by atoms with Gasteiger partial charge in [-0.1, -0.05) is 10.3 Å². The van der Waals surface area contributed by atoms with E-state index in [4.69, 9.17) is 14.2 Å². The highest BCUT2D eigenvalue weighted by molar-refractivity contribution is 7.87. The Morgan fingerprint density at radius 1 is 0.909 bits per heavy atom. The number of halogens is 3. The zero-order valence-electron chi connectivity index (χ0n) is 18.6. The number of aliphatic hydroxyl groups excluding tert-OH is 1. The van der Waals surface area contributed by atoms with Gasteiger partial charge in [-0.2, -0.15) is 31.6 Å². The van der Waals surface area contributed by atoms with Crippen molar-refractivity contribution in [2.24, 2.45) is 0 Å². The molecule has 2 aromatic rings. The lowest BCUT2D eigenvalue weighted by atomic mass is 9.95. The Morgan fingerprint density at radius 3 is 1.61 bits per heavy atom. The Kier molecular flexibility index (Phi) is 8.62. The summed E-state index contributed by atoms with van der Waals surface area (Å²) in [6, 6.07) is 0. The first kappa shape index (κ1) is 28.3. The smallest absolute Gasteiger partial charge is 0.395 e. The molecule has 0 spiro atoms. The molecule has 1 N–H and O–H groups in total. The van der Waals surface area contributed by atoms with E-state index in [0.717, 1.165) is 0 Å². The van der Waals surface area contributed by atoms with E-state index in [0.29, 0.717) is 0 Å². The van der Waals surface area contributed by atoms with Gasteiger partial charge < -0.3 is 14.2 Å². The maximum Gasteiger partial charge on any atom is 0.523 e. The molecule has 0 bridgehead atoms. The Balaban J connectivity index is 0.000000361. The van der Waals surface area contributed by atoms with Gasteiger partial charge in [0.05, 0.1) is 24.0 Å². The molecule has 0 aliphatic rings. The van der Waals surface area contributed by atoms with Crippen molar-refractivity contribution in [3.8, 4) is 0 Å². The lowest BCUT2D eigenvalue weighted by Gasteiger charge is -2.19. The van der Waals surface area contributed by atoms with Crippen LogP contribution >= 0.6 is 0 Å². The average molecular weight is 500 g/mol. The molecule has 33 heavy (non-hydrogen) atoms. The van der Waals surface area contributed by atoms with Crippen molar-refractivity contribution in [3.05, 3.63) is 23.4 Å². The Labute approximate surface area is 186 Å². The first-order valence-electron chi connectivity index (χ1n) is 9.11. The minimum atomic E-state index is -5.71. The number of hydrogen-bond donors (Lipinski definition) is 1. The number of alkyl halides is 3. The van der Waals surface area contributed by atoms with Gasteiger partial charge in [0.1, 0.15) is 0 Å². The predicted molar refractivity (Wildman–Crippen MR) is 103 cm³/mol. The third-order valence-corrected chi connectivity index (χ3v) is 4.89.